The first-order chi connectivity index (χ1) is 7.69. The molecule has 4 nitrogen and oxygen atoms in total. The summed E-state index contributed by atoms with van der Waals surface area (Å²) < 4.78 is 5.48. The van der Waals surface area contributed by atoms with Crippen molar-refractivity contribution in [3.8, 4) is 5.88 Å². The van der Waals surface area contributed by atoms with Crippen LogP contribution in [0.5, 0.6) is 5.88 Å². The standard InChI is InChI=1S/C12H21N3O/c1-4-6-16-12-7-11(14-8-15-12)10(5-2)9(3)13/h7-10H,4-6,13H2,1-3H3. The minimum atomic E-state index is 0.0962. The fraction of sp³-hybridized carbons (Fsp3) is 0.667. The molecule has 0 fully saturated rings. The van der Waals surface area contributed by atoms with Crippen LogP contribution in [0.3, 0.4) is 0 Å². The van der Waals surface area contributed by atoms with Gasteiger partial charge in [0.15, 0.2) is 0 Å². The summed E-state index contributed by atoms with van der Waals surface area (Å²) in [5, 5.41) is 0. The van der Waals surface area contributed by atoms with Crippen LogP contribution in [0.4, 0.5) is 0 Å². The van der Waals surface area contributed by atoms with Crippen LogP contribution in [0.15, 0.2) is 12.4 Å². The Morgan fingerprint density at radius 1 is 1.38 bits per heavy atom. The summed E-state index contributed by atoms with van der Waals surface area (Å²) in [7, 11) is 0. The molecule has 0 radical (unpaired) electrons. The molecule has 1 aromatic rings. The predicted molar refractivity (Wildman–Crippen MR) is 64.5 cm³/mol. The second-order valence-electron chi connectivity index (χ2n) is 4.00. The van der Waals surface area contributed by atoms with E-state index in [2.05, 4.69) is 23.8 Å². The van der Waals surface area contributed by atoms with E-state index in [1.807, 2.05) is 13.0 Å². The molecule has 4 heteroatoms. The van der Waals surface area contributed by atoms with Gasteiger partial charge < -0.3 is 10.5 Å². The predicted octanol–water partition coefficient (Wildman–Crippen LogP) is 2.11. The Kier molecular flexibility index (Phi) is 5.19. The van der Waals surface area contributed by atoms with Crippen molar-refractivity contribution in [2.75, 3.05) is 6.61 Å². The summed E-state index contributed by atoms with van der Waals surface area (Å²) in [6.07, 6.45) is 3.50. The molecule has 2 N–H and O–H groups in total. The lowest BCUT2D eigenvalue weighted by molar-refractivity contribution is 0.303. The third-order valence-corrected chi connectivity index (χ3v) is 2.57. The van der Waals surface area contributed by atoms with Gasteiger partial charge in [0, 0.05) is 18.0 Å². The molecule has 0 aliphatic heterocycles. The van der Waals surface area contributed by atoms with Gasteiger partial charge in [-0.15, -0.1) is 0 Å². The maximum atomic E-state index is 5.93. The molecule has 2 atom stereocenters. The zero-order valence-electron chi connectivity index (χ0n) is 10.3. The van der Waals surface area contributed by atoms with Gasteiger partial charge in [-0.3, -0.25) is 0 Å². The van der Waals surface area contributed by atoms with Gasteiger partial charge in [0.05, 0.1) is 12.3 Å². The summed E-state index contributed by atoms with van der Waals surface area (Å²) in [4.78, 5) is 8.35. The zero-order valence-corrected chi connectivity index (χ0v) is 10.3. The quantitative estimate of drug-likeness (QED) is 0.802. The minimum Gasteiger partial charge on any atom is -0.478 e. The molecule has 16 heavy (non-hydrogen) atoms. The van der Waals surface area contributed by atoms with Crippen molar-refractivity contribution in [3.63, 3.8) is 0 Å². The lowest BCUT2D eigenvalue weighted by Gasteiger charge is -2.18. The number of nitrogens with zero attached hydrogens (tertiary/aromatic N) is 2. The van der Waals surface area contributed by atoms with E-state index in [4.69, 9.17) is 10.5 Å². The van der Waals surface area contributed by atoms with Crippen LogP contribution in [-0.4, -0.2) is 22.6 Å². The van der Waals surface area contributed by atoms with Crippen molar-refractivity contribution >= 4 is 0 Å². The molecule has 0 aliphatic rings. The van der Waals surface area contributed by atoms with E-state index in [9.17, 15) is 0 Å². The van der Waals surface area contributed by atoms with Crippen molar-refractivity contribution in [1.29, 1.82) is 0 Å². The molecule has 0 saturated carbocycles. The van der Waals surface area contributed by atoms with Crippen molar-refractivity contribution in [3.05, 3.63) is 18.1 Å². The van der Waals surface area contributed by atoms with Crippen molar-refractivity contribution < 1.29 is 4.74 Å². The molecular formula is C12H21N3O. The Hall–Kier alpha value is -1.16. The molecule has 2 unspecified atom stereocenters. The van der Waals surface area contributed by atoms with Crippen LogP contribution in [0.2, 0.25) is 0 Å². The molecule has 0 aliphatic carbocycles. The molecule has 0 amide bonds. The van der Waals surface area contributed by atoms with Gasteiger partial charge >= 0.3 is 0 Å². The average molecular weight is 223 g/mol. The van der Waals surface area contributed by atoms with Gasteiger partial charge in [0.1, 0.15) is 6.33 Å². The fourth-order valence-corrected chi connectivity index (χ4v) is 1.69. The molecule has 1 heterocycles. The molecule has 0 bridgehead atoms. The van der Waals surface area contributed by atoms with Crippen molar-refractivity contribution in [2.24, 2.45) is 5.73 Å². The number of aromatic nitrogens is 2. The van der Waals surface area contributed by atoms with Gasteiger partial charge in [-0.2, -0.15) is 0 Å². The highest BCUT2D eigenvalue weighted by atomic mass is 16.5. The summed E-state index contributed by atoms with van der Waals surface area (Å²) in [5.74, 6) is 0.915. The largest absolute Gasteiger partial charge is 0.478 e. The van der Waals surface area contributed by atoms with E-state index < -0.39 is 0 Å². The number of ether oxygens (including phenoxy) is 1. The van der Waals surface area contributed by atoms with Crippen molar-refractivity contribution in [2.45, 2.75) is 45.6 Å². The first kappa shape index (κ1) is 12.9. The Balaban J connectivity index is 2.79. The normalized spacial score (nSPS) is 14.5. The molecule has 1 aromatic heterocycles. The first-order valence-corrected chi connectivity index (χ1v) is 5.89. The van der Waals surface area contributed by atoms with E-state index >= 15 is 0 Å². The maximum absolute atomic E-state index is 5.93. The van der Waals surface area contributed by atoms with E-state index in [1.54, 1.807) is 6.33 Å². The highest BCUT2D eigenvalue weighted by molar-refractivity contribution is 5.18. The molecule has 0 spiro atoms. The van der Waals surface area contributed by atoms with Gasteiger partial charge in [-0.05, 0) is 19.8 Å². The van der Waals surface area contributed by atoms with Crippen LogP contribution in [0.1, 0.15) is 45.2 Å². The third kappa shape index (κ3) is 3.45. The van der Waals surface area contributed by atoms with Crippen LogP contribution in [-0.2, 0) is 0 Å². The lowest BCUT2D eigenvalue weighted by atomic mass is 9.95. The van der Waals surface area contributed by atoms with Crippen LogP contribution in [0.25, 0.3) is 0 Å². The topological polar surface area (TPSA) is 61.0 Å². The Bertz CT molecular complexity index is 315. The molecule has 1 rings (SSSR count). The SMILES string of the molecule is CCCOc1cc(C(CC)C(C)N)ncn1. The Morgan fingerprint density at radius 2 is 2.12 bits per heavy atom. The number of hydrogen-bond acceptors (Lipinski definition) is 4. The number of hydrogen-bond donors (Lipinski definition) is 1. The zero-order chi connectivity index (χ0) is 12.0. The second-order valence-corrected chi connectivity index (χ2v) is 4.00. The van der Waals surface area contributed by atoms with E-state index in [0.29, 0.717) is 12.5 Å². The van der Waals surface area contributed by atoms with Crippen LogP contribution < -0.4 is 10.5 Å². The minimum absolute atomic E-state index is 0.0962. The molecule has 0 saturated heterocycles. The van der Waals surface area contributed by atoms with Crippen LogP contribution >= 0.6 is 0 Å². The van der Waals surface area contributed by atoms with Crippen molar-refractivity contribution in [1.82, 2.24) is 9.97 Å². The summed E-state index contributed by atoms with van der Waals surface area (Å²) in [6, 6.07) is 1.99. The highest BCUT2D eigenvalue weighted by Crippen LogP contribution is 2.22. The third-order valence-electron chi connectivity index (χ3n) is 2.57. The van der Waals surface area contributed by atoms with Crippen LogP contribution in [0, 0.1) is 0 Å². The van der Waals surface area contributed by atoms with Gasteiger partial charge in [0.2, 0.25) is 5.88 Å². The van der Waals surface area contributed by atoms with Gasteiger partial charge in [-0.1, -0.05) is 13.8 Å². The average Bonchev–Trinajstić information content (AvgIpc) is 2.27. The van der Waals surface area contributed by atoms with Gasteiger partial charge in [-0.25, -0.2) is 9.97 Å². The lowest BCUT2D eigenvalue weighted by Crippen LogP contribution is -2.25. The fourth-order valence-electron chi connectivity index (χ4n) is 1.69. The highest BCUT2D eigenvalue weighted by Gasteiger charge is 2.16. The first-order valence-electron chi connectivity index (χ1n) is 5.89. The Morgan fingerprint density at radius 3 is 2.69 bits per heavy atom. The molecular weight excluding hydrogens is 202 g/mol. The maximum Gasteiger partial charge on any atom is 0.216 e. The van der Waals surface area contributed by atoms with E-state index in [1.165, 1.54) is 0 Å². The Labute approximate surface area is 97.2 Å². The molecule has 0 aromatic carbocycles. The smallest absolute Gasteiger partial charge is 0.216 e. The monoisotopic (exact) mass is 223 g/mol. The summed E-state index contributed by atoms with van der Waals surface area (Å²) >= 11 is 0. The number of rotatable bonds is 6. The number of nitrogens with two attached hydrogens (primary N) is 1. The summed E-state index contributed by atoms with van der Waals surface area (Å²) in [6.45, 7) is 6.87. The second kappa shape index (κ2) is 6.43. The van der Waals surface area contributed by atoms with E-state index in [-0.39, 0.29) is 12.0 Å². The molecule has 90 valence electrons. The summed E-state index contributed by atoms with van der Waals surface area (Å²) in [5.41, 5.74) is 6.90. The van der Waals surface area contributed by atoms with Gasteiger partial charge in [0.25, 0.3) is 0 Å². The van der Waals surface area contributed by atoms with E-state index in [0.717, 1.165) is 18.5 Å².